The molecule has 1 fully saturated rings. The van der Waals surface area contributed by atoms with E-state index in [1.165, 1.54) is 32.1 Å². The van der Waals surface area contributed by atoms with Gasteiger partial charge in [-0.2, -0.15) is 4.98 Å². The van der Waals surface area contributed by atoms with E-state index in [9.17, 15) is 0 Å². The lowest BCUT2D eigenvalue weighted by Gasteiger charge is -2.31. The molecule has 5 heteroatoms. The van der Waals surface area contributed by atoms with Crippen molar-refractivity contribution in [1.82, 2.24) is 14.9 Å². The van der Waals surface area contributed by atoms with Crippen LogP contribution < -0.4 is 11.1 Å². The molecule has 1 aliphatic carbocycles. The van der Waals surface area contributed by atoms with Crippen molar-refractivity contribution in [3.63, 3.8) is 0 Å². The van der Waals surface area contributed by atoms with Crippen molar-refractivity contribution in [1.29, 1.82) is 0 Å². The monoisotopic (exact) mass is 263 g/mol. The van der Waals surface area contributed by atoms with E-state index in [-0.39, 0.29) is 0 Å². The molecule has 106 valence electrons. The van der Waals surface area contributed by atoms with Gasteiger partial charge in [0.15, 0.2) is 0 Å². The van der Waals surface area contributed by atoms with Gasteiger partial charge in [-0.25, -0.2) is 4.98 Å². The van der Waals surface area contributed by atoms with E-state index in [4.69, 9.17) is 5.73 Å². The van der Waals surface area contributed by atoms with Gasteiger partial charge in [-0.1, -0.05) is 19.3 Å². The smallest absolute Gasteiger partial charge is 0.224 e. The van der Waals surface area contributed by atoms with E-state index >= 15 is 0 Å². The summed E-state index contributed by atoms with van der Waals surface area (Å²) >= 11 is 0. The predicted molar refractivity (Wildman–Crippen MR) is 79.1 cm³/mol. The van der Waals surface area contributed by atoms with Gasteiger partial charge < -0.3 is 16.0 Å². The Kier molecular flexibility index (Phi) is 5.39. The first-order chi connectivity index (χ1) is 9.25. The fourth-order valence-corrected chi connectivity index (χ4v) is 2.69. The van der Waals surface area contributed by atoms with Crippen molar-refractivity contribution in [2.75, 3.05) is 31.2 Å². The van der Waals surface area contributed by atoms with E-state index < -0.39 is 0 Å². The number of nitrogens with zero attached hydrogens (tertiary/aromatic N) is 3. The predicted octanol–water partition coefficient (Wildman–Crippen LogP) is 2.13. The molecule has 1 aromatic heterocycles. The molecule has 0 aromatic carbocycles. The van der Waals surface area contributed by atoms with Crippen LogP contribution in [0.1, 0.15) is 38.5 Å². The molecular formula is C14H25N5. The zero-order chi connectivity index (χ0) is 13.5. The summed E-state index contributed by atoms with van der Waals surface area (Å²) in [6, 6.07) is 2.49. The molecule has 1 heterocycles. The summed E-state index contributed by atoms with van der Waals surface area (Å²) < 4.78 is 0. The molecule has 1 saturated carbocycles. The molecule has 0 atom stereocenters. The van der Waals surface area contributed by atoms with Crippen LogP contribution in [0.3, 0.4) is 0 Å². The fourth-order valence-electron chi connectivity index (χ4n) is 2.69. The first-order valence-corrected chi connectivity index (χ1v) is 7.28. The number of hydrogen-bond donors (Lipinski definition) is 2. The first-order valence-electron chi connectivity index (χ1n) is 7.28. The highest BCUT2D eigenvalue weighted by molar-refractivity contribution is 5.34. The summed E-state index contributed by atoms with van der Waals surface area (Å²) in [6.07, 6.45) is 9.71. The van der Waals surface area contributed by atoms with Gasteiger partial charge in [0.25, 0.3) is 0 Å². The van der Waals surface area contributed by atoms with Crippen LogP contribution in [0.2, 0.25) is 0 Å². The summed E-state index contributed by atoms with van der Waals surface area (Å²) in [5.41, 5.74) is 5.61. The highest BCUT2D eigenvalue weighted by atomic mass is 15.1. The van der Waals surface area contributed by atoms with Crippen LogP contribution >= 0.6 is 0 Å². The molecule has 5 nitrogen and oxygen atoms in total. The van der Waals surface area contributed by atoms with Crippen LogP contribution in [-0.4, -0.2) is 41.0 Å². The molecule has 0 aliphatic heterocycles. The maximum absolute atomic E-state index is 5.61. The molecular weight excluding hydrogens is 238 g/mol. The molecule has 3 N–H and O–H groups in total. The number of nitrogens with one attached hydrogen (secondary N) is 1. The van der Waals surface area contributed by atoms with E-state index in [1.54, 1.807) is 12.3 Å². The van der Waals surface area contributed by atoms with E-state index in [1.807, 2.05) is 0 Å². The lowest BCUT2D eigenvalue weighted by Crippen LogP contribution is -2.34. The molecule has 0 unspecified atom stereocenters. The standard InChI is InChI=1S/C14H25N5/c1-19(12-6-3-2-4-7-12)11-5-9-16-14-17-10-8-13(15)18-14/h8,10,12H,2-7,9,11H2,1H3,(H3,15,16,17,18). The van der Waals surface area contributed by atoms with Crippen molar-refractivity contribution in [2.24, 2.45) is 0 Å². The largest absolute Gasteiger partial charge is 0.384 e. The third-order valence-corrected chi connectivity index (χ3v) is 3.85. The molecule has 1 aliphatic rings. The number of anilines is 2. The van der Waals surface area contributed by atoms with Gasteiger partial charge >= 0.3 is 0 Å². The number of hydrogen-bond acceptors (Lipinski definition) is 5. The van der Waals surface area contributed by atoms with Crippen LogP contribution in [0, 0.1) is 0 Å². The van der Waals surface area contributed by atoms with Gasteiger partial charge in [-0.3, -0.25) is 0 Å². The summed E-state index contributed by atoms with van der Waals surface area (Å²) in [5, 5.41) is 3.21. The third kappa shape index (κ3) is 4.67. The molecule has 0 radical (unpaired) electrons. The van der Waals surface area contributed by atoms with Gasteiger partial charge in [0.2, 0.25) is 5.95 Å². The maximum Gasteiger partial charge on any atom is 0.224 e. The highest BCUT2D eigenvalue weighted by Crippen LogP contribution is 2.21. The lowest BCUT2D eigenvalue weighted by atomic mass is 9.94. The van der Waals surface area contributed by atoms with E-state index in [0.717, 1.165) is 25.6 Å². The second kappa shape index (κ2) is 7.28. The molecule has 0 saturated heterocycles. The molecule has 1 aromatic rings. The Morgan fingerprint density at radius 1 is 1.37 bits per heavy atom. The Morgan fingerprint density at radius 2 is 2.16 bits per heavy atom. The Labute approximate surface area is 115 Å². The minimum atomic E-state index is 0.511. The number of rotatable bonds is 6. The minimum absolute atomic E-state index is 0.511. The lowest BCUT2D eigenvalue weighted by molar-refractivity contribution is 0.191. The quantitative estimate of drug-likeness (QED) is 0.770. The second-order valence-electron chi connectivity index (χ2n) is 5.36. The van der Waals surface area contributed by atoms with Crippen LogP contribution in [0.5, 0.6) is 0 Å². The number of nitrogen functional groups attached to an aromatic ring is 1. The maximum atomic E-state index is 5.61. The van der Waals surface area contributed by atoms with Gasteiger partial charge in [-0.05, 0) is 38.9 Å². The van der Waals surface area contributed by atoms with Crippen molar-refractivity contribution >= 4 is 11.8 Å². The normalized spacial score (nSPS) is 16.7. The Morgan fingerprint density at radius 3 is 2.89 bits per heavy atom. The molecule has 0 amide bonds. The zero-order valence-corrected chi connectivity index (χ0v) is 11.8. The van der Waals surface area contributed by atoms with Crippen LogP contribution in [0.25, 0.3) is 0 Å². The van der Waals surface area contributed by atoms with Gasteiger partial charge in [0.1, 0.15) is 5.82 Å². The third-order valence-electron chi connectivity index (χ3n) is 3.85. The molecule has 0 bridgehead atoms. The summed E-state index contributed by atoms with van der Waals surface area (Å²) in [6.45, 7) is 2.01. The highest BCUT2D eigenvalue weighted by Gasteiger charge is 2.17. The van der Waals surface area contributed by atoms with E-state index in [0.29, 0.717) is 11.8 Å². The van der Waals surface area contributed by atoms with Crippen molar-refractivity contribution in [3.8, 4) is 0 Å². The Balaban J connectivity index is 1.63. The second-order valence-corrected chi connectivity index (χ2v) is 5.36. The molecule has 0 spiro atoms. The average Bonchev–Trinajstić information content (AvgIpc) is 2.44. The number of aromatic nitrogens is 2. The average molecular weight is 263 g/mol. The van der Waals surface area contributed by atoms with Gasteiger partial charge in [0, 0.05) is 18.8 Å². The fraction of sp³-hybridized carbons (Fsp3) is 0.714. The van der Waals surface area contributed by atoms with Crippen molar-refractivity contribution in [3.05, 3.63) is 12.3 Å². The molecule has 2 rings (SSSR count). The first kappa shape index (κ1) is 14.1. The van der Waals surface area contributed by atoms with Gasteiger partial charge in [0.05, 0.1) is 0 Å². The van der Waals surface area contributed by atoms with Crippen LogP contribution in [0.15, 0.2) is 12.3 Å². The SMILES string of the molecule is CN(CCCNc1nccc(N)n1)C1CCCCC1. The van der Waals surface area contributed by atoms with Crippen LogP contribution in [0.4, 0.5) is 11.8 Å². The van der Waals surface area contributed by atoms with Gasteiger partial charge in [-0.15, -0.1) is 0 Å². The number of nitrogens with two attached hydrogens (primary N) is 1. The molecule has 19 heavy (non-hydrogen) atoms. The Hall–Kier alpha value is -1.36. The summed E-state index contributed by atoms with van der Waals surface area (Å²) in [5.74, 6) is 1.14. The van der Waals surface area contributed by atoms with Crippen molar-refractivity contribution < 1.29 is 0 Å². The Bertz CT molecular complexity index is 376. The van der Waals surface area contributed by atoms with Crippen molar-refractivity contribution in [2.45, 2.75) is 44.6 Å². The van der Waals surface area contributed by atoms with E-state index in [2.05, 4.69) is 27.2 Å². The zero-order valence-electron chi connectivity index (χ0n) is 11.8. The summed E-state index contributed by atoms with van der Waals surface area (Å²) in [4.78, 5) is 10.8. The minimum Gasteiger partial charge on any atom is -0.384 e. The summed E-state index contributed by atoms with van der Waals surface area (Å²) in [7, 11) is 2.24. The topological polar surface area (TPSA) is 67.1 Å². The van der Waals surface area contributed by atoms with Crippen LogP contribution in [-0.2, 0) is 0 Å².